The third-order valence-corrected chi connectivity index (χ3v) is 6.77. The van der Waals surface area contributed by atoms with E-state index in [1.54, 1.807) is 30.3 Å². The molecular weight excluding hydrogens is 571 g/mol. The Morgan fingerprint density at radius 3 is 2.40 bits per heavy atom. The third-order valence-electron chi connectivity index (χ3n) is 6.77. The summed E-state index contributed by atoms with van der Waals surface area (Å²) in [4.78, 5) is 39.2. The van der Waals surface area contributed by atoms with Gasteiger partial charge in [0.2, 0.25) is 0 Å². The Morgan fingerprint density at radius 2 is 1.79 bits per heavy atom. The summed E-state index contributed by atoms with van der Waals surface area (Å²) in [5, 5.41) is 19.7. The summed E-state index contributed by atoms with van der Waals surface area (Å²) >= 11 is 0. The number of hydrogen-bond donors (Lipinski definition) is 3. The van der Waals surface area contributed by atoms with Crippen molar-refractivity contribution in [2.75, 3.05) is 19.7 Å². The van der Waals surface area contributed by atoms with E-state index in [0.717, 1.165) is 49.7 Å². The first-order chi connectivity index (χ1) is 20.4. The van der Waals surface area contributed by atoms with Crippen LogP contribution in [-0.4, -0.2) is 76.1 Å². The summed E-state index contributed by atoms with van der Waals surface area (Å²) in [5.41, 5.74) is 2.74. The number of carbonyl (C=O) groups excluding carboxylic acids is 1. The van der Waals surface area contributed by atoms with Gasteiger partial charge in [-0.2, -0.15) is 13.2 Å². The molecule has 2 unspecified atom stereocenters. The zero-order valence-electron chi connectivity index (χ0n) is 24.4. The highest BCUT2D eigenvalue weighted by molar-refractivity contribution is 5.91. The van der Waals surface area contributed by atoms with E-state index in [1.165, 1.54) is 0 Å². The summed E-state index contributed by atoms with van der Waals surface area (Å²) in [6, 6.07) is 9.23. The van der Waals surface area contributed by atoms with E-state index in [2.05, 4.69) is 17.2 Å². The molecule has 238 valence electrons. The van der Waals surface area contributed by atoms with Gasteiger partial charge in [-0.15, -0.1) is 0 Å². The third kappa shape index (κ3) is 13.0. The minimum Gasteiger partial charge on any atom is -0.478 e. The Kier molecular flexibility index (Phi) is 14.9. The number of rotatable bonds is 13. The predicted molar refractivity (Wildman–Crippen MR) is 152 cm³/mol. The Morgan fingerprint density at radius 1 is 1.09 bits per heavy atom. The van der Waals surface area contributed by atoms with Gasteiger partial charge in [-0.1, -0.05) is 37.6 Å². The number of aromatic carboxylic acids is 1. The molecule has 2 atom stereocenters. The van der Waals surface area contributed by atoms with Gasteiger partial charge in [-0.05, 0) is 61.8 Å². The van der Waals surface area contributed by atoms with Crippen molar-refractivity contribution in [1.29, 1.82) is 0 Å². The van der Waals surface area contributed by atoms with Gasteiger partial charge in [-0.25, -0.2) is 14.4 Å². The smallest absolute Gasteiger partial charge is 0.478 e. The van der Waals surface area contributed by atoms with Crippen LogP contribution in [0.25, 0.3) is 0 Å². The fraction of sp³-hybridized carbons (Fsp3) is 0.533. The lowest BCUT2D eigenvalue weighted by molar-refractivity contribution is -0.192. The second-order valence-electron chi connectivity index (χ2n) is 10.2. The average molecular weight is 612 g/mol. The van der Waals surface area contributed by atoms with Crippen molar-refractivity contribution < 1.29 is 47.2 Å². The van der Waals surface area contributed by atoms with Crippen LogP contribution < -0.4 is 5.32 Å². The molecule has 1 aromatic carbocycles. The molecule has 1 heterocycles. The number of aliphatic carboxylic acids is 1. The van der Waals surface area contributed by atoms with Gasteiger partial charge in [0.15, 0.2) is 0 Å². The largest absolute Gasteiger partial charge is 0.490 e. The number of unbranched alkanes of at least 4 members (excludes halogenated alkanes) is 1. The van der Waals surface area contributed by atoms with Crippen molar-refractivity contribution >= 4 is 18.0 Å². The number of pyridine rings is 1. The standard InChI is InChI=1S/C28H39N3O5.C2HF3O2/c1-3-4-14-30-28(34)31(19-22-9-7-13-29-18-22)15-16-35-24-11-6-12-25(17-24)36-20-23-10-5-8-21(2)26(23)27(32)33;3-2(4,5)1(6)7/h5,7-10,13,18,24-25H,3-4,6,11-12,14-17,19-20H2,1-2H3,(H,30,34)(H,32,33);(H,6,7). The number of aryl methyl sites for hydroxylation is 1. The molecule has 1 aromatic heterocycles. The topological polar surface area (TPSA) is 138 Å². The molecule has 1 saturated carbocycles. The molecule has 0 spiro atoms. The maximum Gasteiger partial charge on any atom is 0.490 e. The second kappa shape index (κ2) is 18.1. The molecule has 1 fully saturated rings. The number of benzene rings is 1. The molecule has 1 aliphatic rings. The van der Waals surface area contributed by atoms with Crippen LogP contribution >= 0.6 is 0 Å². The predicted octanol–water partition coefficient (Wildman–Crippen LogP) is 5.58. The number of hydrogen-bond acceptors (Lipinski definition) is 6. The van der Waals surface area contributed by atoms with E-state index >= 15 is 0 Å². The average Bonchev–Trinajstić information content (AvgIpc) is 2.96. The number of amides is 2. The van der Waals surface area contributed by atoms with Gasteiger partial charge in [0.1, 0.15) is 0 Å². The molecule has 2 aromatic rings. The Bertz CT molecular complexity index is 1170. The van der Waals surface area contributed by atoms with Gasteiger partial charge < -0.3 is 29.9 Å². The van der Waals surface area contributed by atoms with Crippen LogP contribution in [0.15, 0.2) is 42.7 Å². The molecule has 13 heteroatoms. The highest BCUT2D eigenvalue weighted by Gasteiger charge is 2.38. The number of nitrogens with one attached hydrogen (secondary N) is 1. The fourth-order valence-electron chi connectivity index (χ4n) is 4.55. The van der Waals surface area contributed by atoms with E-state index in [0.29, 0.717) is 37.4 Å². The molecule has 43 heavy (non-hydrogen) atoms. The maximum atomic E-state index is 12.8. The lowest BCUT2D eigenvalue weighted by Gasteiger charge is -2.30. The molecule has 3 rings (SSSR count). The number of urea groups is 1. The van der Waals surface area contributed by atoms with E-state index < -0.39 is 18.1 Å². The minimum atomic E-state index is -5.08. The number of nitrogens with zero attached hydrogens (tertiary/aromatic N) is 2. The van der Waals surface area contributed by atoms with Gasteiger partial charge >= 0.3 is 24.1 Å². The van der Waals surface area contributed by atoms with E-state index in [4.69, 9.17) is 19.4 Å². The van der Waals surface area contributed by atoms with Crippen molar-refractivity contribution in [3.8, 4) is 0 Å². The molecular formula is C30H40F3N3O7. The number of carboxylic acid groups (broad SMARTS) is 2. The van der Waals surface area contributed by atoms with Crippen LogP contribution in [0.3, 0.4) is 0 Å². The number of carbonyl (C=O) groups is 3. The van der Waals surface area contributed by atoms with Gasteiger partial charge in [0.25, 0.3) is 0 Å². The van der Waals surface area contributed by atoms with Crippen LogP contribution in [-0.2, 0) is 27.4 Å². The Balaban J connectivity index is 0.000000821. The molecule has 0 bridgehead atoms. The van der Waals surface area contributed by atoms with Crippen molar-refractivity contribution in [3.05, 3.63) is 65.0 Å². The SMILES string of the molecule is CCCCNC(=O)N(CCOC1CCCC(OCc2cccc(C)c2C(=O)O)C1)Cc1cccnc1.O=C(O)C(F)(F)F. The number of alkyl halides is 3. The first kappa shape index (κ1) is 35.5. The lowest BCUT2D eigenvalue weighted by Crippen LogP contribution is -2.42. The number of aromatic nitrogens is 1. The van der Waals surface area contributed by atoms with Crippen LogP contribution in [0, 0.1) is 6.92 Å². The Labute approximate surface area is 249 Å². The normalized spacial score (nSPS) is 16.5. The second-order valence-corrected chi connectivity index (χ2v) is 10.2. The molecule has 10 nitrogen and oxygen atoms in total. The van der Waals surface area contributed by atoms with E-state index in [-0.39, 0.29) is 24.8 Å². The van der Waals surface area contributed by atoms with Crippen LogP contribution in [0.5, 0.6) is 0 Å². The van der Waals surface area contributed by atoms with Crippen LogP contribution in [0.1, 0.15) is 72.5 Å². The van der Waals surface area contributed by atoms with E-state index in [1.807, 2.05) is 24.3 Å². The van der Waals surface area contributed by atoms with Crippen molar-refractivity contribution in [3.63, 3.8) is 0 Å². The summed E-state index contributed by atoms with van der Waals surface area (Å²) in [6.07, 6.45) is 4.11. The molecule has 2 amide bonds. The number of ether oxygens (including phenoxy) is 2. The van der Waals surface area contributed by atoms with Crippen molar-refractivity contribution in [1.82, 2.24) is 15.2 Å². The number of carboxylic acids is 2. The van der Waals surface area contributed by atoms with Gasteiger partial charge in [0.05, 0.1) is 31.0 Å². The fourth-order valence-corrected chi connectivity index (χ4v) is 4.55. The molecule has 0 saturated heterocycles. The highest BCUT2D eigenvalue weighted by atomic mass is 19.4. The quantitative estimate of drug-likeness (QED) is 0.250. The first-order valence-corrected chi connectivity index (χ1v) is 14.2. The van der Waals surface area contributed by atoms with Gasteiger partial charge in [-0.3, -0.25) is 4.98 Å². The Hall–Kier alpha value is -3.71. The maximum absolute atomic E-state index is 12.8. The van der Waals surface area contributed by atoms with Crippen LogP contribution in [0.4, 0.5) is 18.0 Å². The molecule has 3 N–H and O–H groups in total. The molecule has 0 aliphatic heterocycles. The zero-order valence-corrected chi connectivity index (χ0v) is 24.4. The lowest BCUT2D eigenvalue weighted by atomic mass is 9.94. The monoisotopic (exact) mass is 611 g/mol. The summed E-state index contributed by atoms with van der Waals surface area (Å²) in [5.74, 6) is -3.68. The van der Waals surface area contributed by atoms with Crippen molar-refractivity contribution in [2.24, 2.45) is 0 Å². The summed E-state index contributed by atoms with van der Waals surface area (Å²) < 4.78 is 44.0. The molecule has 1 aliphatic carbocycles. The summed E-state index contributed by atoms with van der Waals surface area (Å²) in [7, 11) is 0. The van der Waals surface area contributed by atoms with Gasteiger partial charge in [0, 0.05) is 32.0 Å². The zero-order chi connectivity index (χ0) is 31.8. The molecule has 0 radical (unpaired) electrons. The first-order valence-electron chi connectivity index (χ1n) is 14.2. The summed E-state index contributed by atoms with van der Waals surface area (Å²) in [6.45, 7) is 6.25. The highest BCUT2D eigenvalue weighted by Crippen LogP contribution is 2.25. The van der Waals surface area contributed by atoms with Crippen LogP contribution in [0.2, 0.25) is 0 Å². The minimum absolute atomic E-state index is 0.0229. The van der Waals surface area contributed by atoms with Crippen molar-refractivity contribution in [2.45, 2.75) is 83.9 Å². The number of halogens is 3. The van der Waals surface area contributed by atoms with E-state index in [9.17, 15) is 27.9 Å².